The molecule has 0 amide bonds. The van der Waals surface area contributed by atoms with Gasteiger partial charge in [0.2, 0.25) is 0 Å². The molecule has 0 N–H and O–H groups in total. The topological polar surface area (TPSA) is 26.3 Å². The van der Waals surface area contributed by atoms with Gasteiger partial charge in [-0.3, -0.25) is 0 Å². The minimum absolute atomic E-state index is 0.138. The van der Waals surface area contributed by atoms with Crippen LogP contribution < -0.4 is 0 Å². The number of hydrogen-bond acceptors (Lipinski definition) is 2. The Morgan fingerprint density at radius 2 is 1.83 bits per heavy atom. The van der Waals surface area contributed by atoms with E-state index in [0.717, 1.165) is 43.1 Å². The van der Waals surface area contributed by atoms with Gasteiger partial charge in [0.1, 0.15) is 6.29 Å². The molecule has 2 heteroatoms. The summed E-state index contributed by atoms with van der Waals surface area (Å²) in [7, 11) is 0. The SMILES string of the molecule is CCc1ccc(CCCC=Cc2ccc3cc4c(cc3c2)COCC4C=O)cc1. The molecule has 0 aliphatic carbocycles. The van der Waals surface area contributed by atoms with Gasteiger partial charge in [-0.05, 0) is 82.5 Å². The van der Waals surface area contributed by atoms with Crippen LogP contribution >= 0.6 is 0 Å². The molecule has 1 atom stereocenters. The molecule has 1 heterocycles. The van der Waals surface area contributed by atoms with Crippen LogP contribution in [0.1, 0.15) is 53.5 Å². The summed E-state index contributed by atoms with van der Waals surface area (Å²) >= 11 is 0. The van der Waals surface area contributed by atoms with Crippen LogP contribution in [0.15, 0.2) is 60.7 Å². The van der Waals surface area contributed by atoms with Gasteiger partial charge in [-0.25, -0.2) is 0 Å². The normalized spacial score (nSPS) is 16.2. The Hall–Kier alpha value is -2.71. The van der Waals surface area contributed by atoms with Crippen molar-refractivity contribution in [2.24, 2.45) is 0 Å². The number of rotatable bonds is 7. The summed E-state index contributed by atoms with van der Waals surface area (Å²) in [5.41, 5.74) is 6.29. The number of carbonyl (C=O) groups excluding carboxylic acids is 1. The molecule has 0 bridgehead atoms. The molecule has 4 rings (SSSR count). The monoisotopic (exact) mass is 384 g/mol. The Balaban J connectivity index is 1.39. The third kappa shape index (κ3) is 4.65. The molecule has 3 aromatic rings. The standard InChI is InChI=1S/C27H28O2/c1-2-20-8-10-21(11-9-20)6-4-3-5-7-22-12-13-23-16-27-25(15-24(23)14-22)18-29-19-26(27)17-28/h5,7-17,26H,2-4,6,18-19H2,1H3. The van der Waals surface area contributed by atoms with Gasteiger partial charge >= 0.3 is 0 Å². The third-order valence-corrected chi connectivity index (χ3v) is 5.82. The van der Waals surface area contributed by atoms with E-state index in [0.29, 0.717) is 13.2 Å². The largest absolute Gasteiger partial charge is 0.376 e. The quantitative estimate of drug-likeness (QED) is 0.355. The van der Waals surface area contributed by atoms with Gasteiger partial charge in [-0.2, -0.15) is 0 Å². The summed E-state index contributed by atoms with van der Waals surface area (Å²) in [6, 6.07) is 19.9. The second-order valence-corrected chi connectivity index (χ2v) is 7.88. The highest BCUT2D eigenvalue weighted by Gasteiger charge is 2.20. The van der Waals surface area contributed by atoms with Crippen molar-refractivity contribution in [1.29, 1.82) is 0 Å². The van der Waals surface area contributed by atoms with E-state index in [2.05, 4.69) is 73.7 Å². The maximum atomic E-state index is 11.3. The number of unbranched alkanes of at least 4 members (excludes halogenated alkanes) is 1. The zero-order valence-electron chi connectivity index (χ0n) is 17.1. The van der Waals surface area contributed by atoms with E-state index in [4.69, 9.17) is 4.74 Å². The lowest BCUT2D eigenvalue weighted by Gasteiger charge is -2.22. The van der Waals surface area contributed by atoms with Crippen LogP contribution in [-0.2, 0) is 29.0 Å². The van der Waals surface area contributed by atoms with Crippen molar-refractivity contribution < 1.29 is 9.53 Å². The first-order valence-corrected chi connectivity index (χ1v) is 10.6. The van der Waals surface area contributed by atoms with Crippen molar-refractivity contribution in [1.82, 2.24) is 0 Å². The van der Waals surface area contributed by atoms with E-state index in [1.165, 1.54) is 27.5 Å². The Morgan fingerprint density at radius 1 is 1.00 bits per heavy atom. The minimum Gasteiger partial charge on any atom is -0.376 e. The third-order valence-electron chi connectivity index (χ3n) is 5.82. The van der Waals surface area contributed by atoms with Gasteiger partial charge in [0.15, 0.2) is 0 Å². The molecule has 2 nitrogen and oxygen atoms in total. The predicted molar refractivity (Wildman–Crippen MR) is 120 cm³/mol. The first kappa shape index (κ1) is 19.6. The molecule has 0 radical (unpaired) electrons. The predicted octanol–water partition coefficient (Wildman–Crippen LogP) is 6.25. The molecule has 0 fully saturated rings. The van der Waals surface area contributed by atoms with Gasteiger partial charge in [-0.1, -0.05) is 55.5 Å². The number of ether oxygens (including phenoxy) is 1. The summed E-state index contributed by atoms with van der Waals surface area (Å²) in [6.07, 6.45) is 9.94. The van der Waals surface area contributed by atoms with E-state index >= 15 is 0 Å². The first-order chi connectivity index (χ1) is 14.3. The maximum Gasteiger partial charge on any atom is 0.129 e. The lowest BCUT2D eigenvalue weighted by atomic mass is 9.90. The smallest absolute Gasteiger partial charge is 0.129 e. The highest BCUT2D eigenvalue weighted by molar-refractivity contribution is 5.87. The number of carbonyl (C=O) groups is 1. The number of fused-ring (bicyclic) bond motifs is 2. The fourth-order valence-electron chi connectivity index (χ4n) is 4.04. The first-order valence-electron chi connectivity index (χ1n) is 10.6. The fraction of sp³-hybridized carbons (Fsp3) is 0.296. The summed E-state index contributed by atoms with van der Waals surface area (Å²) in [5.74, 6) is -0.138. The Labute approximate surface area is 173 Å². The lowest BCUT2D eigenvalue weighted by molar-refractivity contribution is -0.110. The Kier molecular flexibility index (Phi) is 6.21. The van der Waals surface area contributed by atoms with Crippen LogP contribution in [0.25, 0.3) is 16.8 Å². The molecule has 0 saturated carbocycles. The van der Waals surface area contributed by atoms with Crippen molar-refractivity contribution in [2.45, 2.75) is 45.1 Å². The minimum atomic E-state index is -0.138. The fourth-order valence-corrected chi connectivity index (χ4v) is 4.04. The molecule has 29 heavy (non-hydrogen) atoms. The van der Waals surface area contributed by atoms with Gasteiger partial charge in [-0.15, -0.1) is 0 Å². The van der Waals surface area contributed by atoms with Crippen LogP contribution in [0, 0.1) is 0 Å². The van der Waals surface area contributed by atoms with Crippen molar-refractivity contribution in [3.63, 3.8) is 0 Å². The number of aldehydes is 1. The number of aryl methyl sites for hydroxylation is 2. The molecule has 148 valence electrons. The summed E-state index contributed by atoms with van der Waals surface area (Å²) in [4.78, 5) is 11.3. The Bertz CT molecular complexity index is 1010. The molecule has 1 aliphatic rings. The van der Waals surface area contributed by atoms with Crippen LogP contribution in [0.2, 0.25) is 0 Å². The molecule has 0 spiro atoms. The highest BCUT2D eigenvalue weighted by Crippen LogP contribution is 2.30. The van der Waals surface area contributed by atoms with E-state index < -0.39 is 0 Å². The van der Waals surface area contributed by atoms with Gasteiger partial charge < -0.3 is 9.53 Å². The van der Waals surface area contributed by atoms with Crippen molar-refractivity contribution in [3.8, 4) is 0 Å². The van der Waals surface area contributed by atoms with Crippen LogP contribution in [0.5, 0.6) is 0 Å². The summed E-state index contributed by atoms with van der Waals surface area (Å²) in [6.45, 7) is 3.28. The zero-order chi connectivity index (χ0) is 20.1. The van der Waals surface area contributed by atoms with Crippen LogP contribution in [-0.4, -0.2) is 12.9 Å². The molecule has 1 unspecified atom stereocenters. The molecule has 1 aliphatic heterocycles. The lowest BCUT2D eigenvalue weighted by Crippen LogP contribution is -2.17. The van der Waals surface area contributed by atoms with E-state index in [1.54, 1.807) is 0 Å². The second-order valence-electron chi connectivity index (χ2n) is 7.88. The number of allylic oxidation sites excluding steroid dienone is 1. The summed E-state index contributed by atoms with van der Waals surface area (Å²) < 4.78 is 5.57. The maximum absolute atomic E-state index is 11.3. The molecule has 3 aromatic carbocycles. The molecular formula is C27H28O2. The van der Waals surface area contributed by atoms with E-state index in [-0.39, 0.29) is 5.92 Å². The summed E-state index contributed by atoms with van der Waals surface area (Å²) in [5, 5.41) is 2.39. The van der Waals surface area contributed by atoms with Crippen molar-refractivity contribution >= 4 is 23.1 Å². The molecule has 0 saturated heterocycles. The van der Waals surface area contributed by atoms with E-state index in [1.807, 2.05) is 0 Å². The average Bonchev–Trinajstić information content (AvgIpc) is 2.77. The van der Waals surface area contributed by atoms with Crippen molar-refractivity contribution in [2.75, 3.05) is 6.61 Å². The molecule has 0 aromatic heterocycles. The van der Waals surface area contributed by atoms with Gasteiger partial charge in [0, 0.05) is 0 Å². The number of hydrogen-bond donors (Lipinski definition) is 0. The number of benzene rings is 3. The van der Waals surface area contributed by atoms with E-state index in [9.17, 15) is 4.79 Å². The highest BCUT2D eigenvalue weighted by atomic mass is 16.5. The average molecular weight is 385 g/mol. The Morgan fingerprint density at radius 3 is 2.62 bits per heavy atom. The molecular weight excluding hydrogens is 356 g/mol. The van der Waals surface area contributed by atoms with Crippen LogP contribution in [0.4, 0.5) is 0 Å². The van der Waals surface area contributed by atoms with Gasteiger partial charge in [0.25, 0.3) is 0 Å². The second kappa shape index (κ2) is 9.19. The zero-order valence-corrected chi connectivity index (χ0v) is 17.1. The van der Waals surface area contributed by atoms with Crippen molar-refractivity contribution in [3.05, 3.63) is 88.5 Å². The van der Waals surface area contributed by atoms with Gasteiger partial charge in [0.05, 0.1) is 19.1 Å². The van der Waals surface area contributed by atoms with Crippen LogP contribution in [0.3, 0.4) is 0 Å².